The second-order valence-electron chi connectivity index (χ2n) is 6.58. The molecular formula is C19H16ClN3O4S2. The summed E-state index contributed by atoms with van der Waals surface area (Å²) in [6, 6.07) is 13.0. The molecule has 0 fully saturated rings. The molecule has 1 unspecified atom stereocenters. The number of aromatic nitrogens is 2. The number of nitrogens with zero attached hydrogens (tertiary/aromatic N) is 3. The minimum atomic E-state index is -3.84. The van der Waals surface area contributed by atoms with Gasteiger partial charge >= 0.3 is 5.97 Å². The van der Waals surface area contributed by atoms with Gasteiger partial charge in [-0.3, -0.25) is 4.31 Å². The smallest absolute Gasteiger partial charge is 0.338 e. The van der Waals surface area contributed by atoms with Crippen molar-refractivity contribution in [3.8, 4) is 0 Å². The van der Waals surface area contributed by atoms with Gasteiger partial charge in [-0.2, -0.15) is 0 Å². The van der Waals surface area contributed by atoms with Gasteiger partial charge in [0.2, 0.25) is 0 Å². The van der Waals surface area contributed by atoms with Crippen molar-refractivity contribution < 1.29 is 17.9 Å². The minimum Gasteiger partial charge on any atom is -0.455 e. The molecule has 4 rings (SSSR count). The van der Waals surface area contributed by atoms with Gasteiger partial charge in [0, 0.05) is 17.6 Å². The molecule has 0 bridgehead atoms. The van der Waals surface area contributed by atoms with Crippen LogP contribution in [0.15, 0.2) is 53.4 Å². The molecule has 0 aliphatic carbocycles. The first kappa shape index (κ1) is 19.8. The highest BCUT2D eigenvalue weighted by Crippen LogP contribution is 2.36. The van der Waals surface area contributed by atoms with Crippen LogP contribution < -0.4 is 4.31 Å². The molecule has 0 saturated heterocycles. The highest BCUT2D eigenvalue weighted by molar-refractivity contribution is 7.92. The maximum Gasteiger partial charge on any atom is 0.338 e. The maximum absolute atomic E-state index is 13.3. The van der Waals surface area contributed by atoms with Crippen molar-refractivity contribution in [1.29, 1.82) is 0 Å². The number of anilines is 1. The Hall–Kier alpha value is -2.49. The number of carbonyl (C=O) groups excluding carboxylic acids is 1. The first-order valence-corrected chi connectivity index (χ1v) is 11.3. The zero-order valence-electron chi connectivity index (χ0n) is 15.3. The van der Waals surface area contributed by atoms with E-state index in [1.807, 2.05) is 25.1 Å². The van der Waals surface area contributed by atoms with Crippen molar-refractivity contribution in [2.24, 2.45) is 0 Å². The predicted octanol–water partition coefficient (Wildman–Crippen LogP) is 3.69. The number of esters is 1. The highest BCUT2D eigenvalue weighted by atomic mass is 35.5. The fraction of sp³-hybridized carbons (Fsp3) is 0.211. The summed E-state index contributed by atoms with van der Waals surface area (Å²) < 4.78 is 37.2. The van der Waals surface area contributed by atoms with Crippen LogP contribution in [0.4, 0.5) is 5.69 Å². The Kier molecular flexibility index (Phi) is 5.28. The van der Waals surface area contributed by atoms with Gasteiger partial charge in [0.25, 0.3) is 10.0 Å². The van der Waals surface area contributed by atoms with Crippen LogP contribution in [0, 0.1) is 0 Å². The van der Waals surface area contributed by atoms with Gasteiger partial charge in [-0.05, 0) is 43.2 Å². The summed E-state index contributed by atoms with van der Waals surface area (Å²) in [5.74, 6) is -0.666. The van der Waals surface area contributed by atoms with Crippen molar-refractivity contribution in [3.05, 3.63) is 69.7 Å². The van der Waals surface area contributed by atoms with Gasteiger partial charge in [-0.1, -0.05) is 40.4 Å². The molecule has 29 heavy (non-hydrogen) atoms. The van der Waals surface area contributed by atoms with Gasteiger partial charge in [-0.25, -0.2) is 13.2 Å². The largest absolute Gasteiger partial charge is 0.455 e. The standard InChI is InChI=1S/C19H16ClN3O4S2/c1-12-9-13-5-2-3-8-17(13)23(12)29(25,26)15-7-4-6-14(10-15)19(24)27-11-16-18(20)28-22-21-16/h2-8,10,12H,9,11H2,1H3. The van der Waals surface area contributed by atoms with Crippen LogP contribution in [0.2, 0.25) is 4.34 Å². The fourth-order valence-corrected chi connectivity index (χ4v) is 5.64. The second-order valence-corrected chi connectivity index (χ2v) is 9.75. The third-order valence-electron chi connectivity index (χ3n) is 4.62. The van der Waals surface area contributed by atoms with E-state index in [9.17, 15) is 13.2 Å². The molecule has 0 radical (unpaired) electrons. The van der Waals surface area contributed by atoms with Crippen LogP contribution in [0.3, 0.4) is 0 Å². The zero-order valence-corrected chi connectivity index (χ0v) is 17.7. The lowest BCUT2D eigenvalue weighted by atomic mass is 10.1. The summed E-state index contributed by atoms with van der Waals surface area (Å²) in [7, 11) is -3.84. The molecular weight excluding hydrogens is 434 g/mol. The van der Waals surface area contributed by atoms with Gasteiger partial charge in [0.05, 0.1) is 16.1 Å². The molecule has 10 heteroatoms. The van der Waals surface area contributed by atoms with E-state index in [-0.39, 0.29) is 23.1 Å². The van der Waals surface area contributed by atoms with Crippen LogP contribution in [0.25, 0.3) is 0 Å². The van der Waals surface area contributed by atoms with E-state index >= 15 is 0 Å². The lowest BCUT2D eigenvalue weighted by Gasteiger charge is -2.24. The molecule has 7 nitrogen and oxygen atoms in total. The highest BCUT2D eigenvalue weighted by Gasteiger charge is 2.36. The molecule has 1 atom stereocenters. The quantitative estimate of drug-likeness (QED) is 0.552. The SMILES string of the molecule is CC1Cc2ccccc2N1S(=O)(=O)c1cccc(C(=O)OCc2nnsc2Cl)c1. The Bertz CT molecular complexity index is 1180. The van der Waals surface area contributed by atoms with Gasteiger partial charge < -0.3 is 4.74 Å². The van der Waals surface area contributed by atoms with Gasteiger partial charge in [0.15, 0.2) is 0 Å². The monoisotopic (exact) mass is 449 g/mol. The van der Waals surface area contributed by atoms with Crippen molar-refractivity contribution in [3.63, 3.8) is 0 Å². The summed E-state index contributed by atoms with van der Waals surface area (Å²) in [4.78, 5) is 12.4. The number of ether oxygens (including phenoxy) is 1. The molecule has 3 aromatic rings. The van der Waals surface area contributed by atoms with E-state index in [0.717, 1.165) is 17.1 Å². The molecule has 1 aliphatic heterocycles. The number of fused-ring (bicyclic) bond motifs is 1. The summed E-state index contributed by atoms with van der Waals surface area (Å²) in [5.41, 5.74) is 2.13. The summed E-state index contributed by atoms with van der Waals surface area (Å²) in [5, 5.41) is 3.78. The second kappa shape index (κ2) is 7.74. The van der Waals surface area contributed by atoms with Crippen molar-refractivity contribution in [2.75, 3.05) is 4.31 Å². The van der Waals surface area contributed by atoms with Crippen LogP contribution in [-0.2, 0) is 27.8 Å². The lowest BCUT2D eigenvalue weighted by molar-refractivity contribution is 0.0467. The minimum absolute atomic E-state index is 0.0314. The summed E-state index contributed by atoms with van der Waals surface area (Å²) in [6.45, 7) is 1.73. The van der Waals surface area contributed by atoms with Crippen LogP contribution in [-0.4, -0.2) is 30.0 Å². The molecule has 1 aromatic heterocycles. The van der Waals surface area contributed by atoms with Gasteiger partial charge in [-0.15, -0.1) is 5.10 Å². The molecule has 2 aromatic carbocycles. The molecule has 1 aliphatic rings. The van der Waals surface area contributed by atoms with Crippen molar-refractivity contribution in [1.82, 2.24) is 9.59 Å². The molecule has 0 N–H and O–H groups in total. The third kappa shape index (κ3) is 3.73. The topological polar surface area (TPSA) is 89.5 Å². The first-order valence-electron chi connectivity index (χ1n) is 8.74. The number of benzene rings is 2. The van der Waals surface area contributed by atoms with Crippen molar-refractivity contribution in [2.45, 2.75) is 30.9 Å². The lowest BCUT2D eigenvalue weighted by Crippen LogP contribution is -2.35. The number of sulfonamides is 1. The summed E-state index contributed by atoms with van der Waals surface area (Å²) >= 11 is 6.89. The maximum atomic E-state index is 13.3. The van der Waals surface area contributed by atoms with Crippen LogP contribution in [0.5, 0.6) is 0 Å². The fourth-order valence-electron chi connectivity index (χ4n) is 3.30. The molecule has 2 heterocycles. The Morgan fingerprint density at radius 2 is 2.07 bits per heavy atom. The number of halogens is 1. The van der Waals surface area contributed by atoms with E-state index in [4.69, 9.17) is 16.3 Å². The first-order chi connectivity index (χ1) is 13.9. The van der Waals surface area contributed by atoms with E-state index < -0.39 is 16.0 Å². The average Bonchev–Trinajstić information content (AvgIpc) is 3.28. The van der Waals surface area contributed by atoms with Gasteiger partial charge in [0.1, 0.15) is 16.6 Å². The number of carbonyl (C=O) groups is 1. The van der Waals surface area contributed by atoms with Crippen LogP contribution in [0.1, 0.15) is 28.5 Å². The number of rotatable bonds is 5. The molecule has 0 spiro atoms. The van der Waals surface area contributed by atoms with Crippen LogP contribution >= 0.6 is 23.1 Å². The van der Waals surface area contributed by atoms with E-state index in [0.29, 0.717) is 22.1 Å². The van der Waals surface area contributed by atoms with E-state index in [2.05, 4.69) is 9.59 Å². The van der Waals surface area contributed by atoms with Crippen molar-refractivity contribution >= 4 is 44.8 Å². The Labute approximate surface area is 177 Å². The zero-order chi connectivity index (χ0) is 20.6. The third-order valence-corrected chi connectivity index (χ3v) is 7.53. The number of hydrogen-bond donors (Lipinski definition) is 0. The Morgan fingerprint density at radius 1 is 1.28 bits per heavy atom. The normalized spacial score (nSPS) is 15.9. The average molecular weight is 450 g/mol. The molecule has 150 valence electrons. The summed E-state index contributed by atoms with van der Waals surface area (Å²) in [6.07, 6.45) is 0.638. The van der Waals surface area contributed by atoms with E-state index in [1.54, 1.807) is 6.07 Å². The number of hydrogen-bond acceptors (Lipinski definition) is 7. The van der Waals surface area contributed by atoms with E-state index in [1.165, 1.54) is 28.6 Å². The molecule has 0 amide bonds. The Balaban J connectivity index is 1.59. The molecule has 0 saturated carbocycles. The predicted molar refractivity (Wildman–Crippen MR) is 110 cm³/mol. The number of para-hydroxylation sites is 1. The Morgan fingerprint density at radius 3 is 2.83 bits per heavy atom.